The molecule has 0 bridgehead atoms. The fourth-order valence-electron chi connectivity index (χ4n) is 3.79. The van der Waals surface area contributed by atoms with Gasteiger partial charge in [0.05, 0.1) is 15.3 Å². The summed E-state index contributed by atoms with van der Waals surface area (Å²) >= 11 is 0. The van der Waals surface area contributed by atoms with Gasteiger partial charge >= 0.3 is 6.18 Å². The van der Waals surface area contributed by atoms with Gasteiger partial charge in [0.25, 0.3) is 0 Å². The first-order valence-corrected chi connectivity index (χ1v) is 11.5. The van der Waals surface area contributed by atoms with E-state index in [2.05, 4.69) is 5.10 Å². The van der Waals surface area contributed by atoms with Crippen molar-refractivity contribution in [3.8, 4) is 0 Å². The molecular formula is C21H27F3N2O3S. The Labute approximate surface area is 175 Å². The number of alkyl halides is 3. The van der Waals surface area contributed by atoms with Crippen molar-refractivity contribution < 1.29 is 26.3 Å². The number of aromatic nitrogens is 2. The Hall–Kier alpha value is -1.87. The van der Waals surface area contributed by atoms with Crippen LogP contribution < -0.4 is 0 Å². The molecule has 2 atom stereocenters. The largest absolute Gasteiger partial charge is 0.435 e. The van der Waals surface area contributed by atoms with Crippen LogP contribution in [0.3, 0.4) is 0 Å². The van der Waals surface area contributed by atoms with Gasteiger partial charge in [0.1, 0.15) is 6.10 Å². The average Bonchev–Trinajstić information content (AvgIpc) is 3.11. The first-order chi connectivity index (χ1) is 14.0. The van der Waals surface area contributed by atoms with Gasteiger partial charge in [-0.1, -0.05) is 25.5 Å². The van der Waals surface area contributed by atoms with Crippen LogP contribution in [0.1, 0.15) is 62.6 Å². The lowest BCUT2D eigenvalue weighted by Crippen LogP contribution is -2.42. The molecular weight excluding hydrogens is 417 g/mol. The zero-order valence-electron chi connectivity index (χ0n) is 17.4. The average molecular weight is 445 g/mol. The number of halogens is 3. The first-order valence-electron chi connectivity index (χ1n) is 10.1. The van der Waals surface area contributed by atoms with Crippen LogP contribution in [0.2, 0.25) is 0 Å². The zero-order valence-corrected chi connectivity index (χ0v) is 18.2. The Morgan fingerprint density at radius 1 is 1.30 bits per heavy atom. The molecule has 2 aromatic rings. The van der Waals surface area contributed by atoms with Crippen LogP contribution in [0, 0.1) is 6.92 Å². The predicted molar refractivity (Wildman–Crippen MR) is 107 cm³/mol. The number of hydrogen-bond donors (Lipinski definition) is 0. The summed E-state index contributed by atoms with van der Waals surface area (Å²) in [5, 5.41) is 3.74. The molecule has 30 heavy (non-hydrogen) atoms. The summed E-state index contributed by atoms with van der Waals surface area (Å²) < 4.78 is 72.5. The summed E-state index contributed by atoms with van der Waals surface area (Å²) in [6.07, 6.45) is -3.54. The minimum absolute atomic E-state index is 0.0678. The monoisotopic (exact) mass is 444 g/mol. The fourth-order valence-corrected chi connectivity index (χ4v) is 5.68. The smallest absolute Gasteiger partial charge is 0.372 e. The van der Waals surface area contributed by atoms with Crippen LogP contribution in [0.25, 0.3) is 0 Å². The Bertz CT molecular complexity index is 1000. The van der Waals surface area contributed by atoms with E-state index in [1.165, 1.54) is 4.68 Å². The highest BCUT2D eigenvalue weighted by Crippen LogP contribution is 2.43. The summed E-state index contributed by atoms with van der Waals surface area (Å²) in [5.74, 6) is 0. The molecule has 1 aliphatic heterocycles. The summed E-state index contributed by atoms with van der Waals surface area (Å²) in [4.78, 5) is 0.223. The van der Waals surface area contributed by atoms with E-state index in [1.807, 2.05) is 19.9 Å². The molecule has 1 aliphatic rings. The highest BCUT2D eigenvalue weighted by atomic mass is 32.2. The molecule has 1 saturated heterocycles. The second-order valence-corrected chi connectivity index (χ2v) is 10.6. The number of nitrogens with zero attached hydrogens (tertiary/aromatic N) is 2. The lowest BCUT2D eigenvalue weighted by atomic mass is 9.94. The lowest BCUT2D eigenvalue weighted by molar-refractivity contribution is -0.141. The van der Waals surface area contributed by atoms with E-state index in [9.17, 15) is 21.6 Å². The first kappa shape index (κ1) is 22.8. The van der Waals surface area contributed by atoms with Crippen molar-refractivity contribution in [1.82, 2.24) is 9.78 Å². The normalized spacial score (nSPS) is 22.9. The third-order valence-electron chi connectivity index (χ3n) is 5.67. The quantitative estimate of drug-likeness (QED) is 0.622. The SMILES string of the molecule is CCCCn1nc(C(F)(F)F)cc1C1CC(C)(S(=O)(=O)c2cccc(C)c2)CCO1. The van der Waals surface area contributed by atoms with Crippen LogP contribution in [-0.4, -0.2) is 29.6 Å². The number of aryl methyl sites for hydroxylation is 2. The van der Waals surface area contributed by atoms with Crippen LogP contribution in [0.5, 0.6) is 0 Å². The summed E-state index contributed by atoms with van der Waals surface area (Å²) in [6, 6.07) is 7.69. The number of benzene rings is 1. The van der Waals surface area contributed by atoms with Gasteiger partial charge < -0.3 is 4.74 Å². The van der Waals surface area contributed by atoms with Crippen molar-refractivity contribution in [3.63, 3.8) is 0 Å². The number of rotatable bonds is 6. The van der Waals surface area contributed by atoms with Gasteiger partial charge in [-0.15, -0.1) is 0 Å². The van der Waals surface area contributed by atoms with Gasteiger partial charge in [-0.25, -0.2) is 8.42 Å². The van der Waals surface area contributed by atoms with Gasteiger partial charge in [-0.2, -0.15) is 18.3 Å². The molecule has 9 heteroatoms. The number of unbranched alkanes of at least 4 members (excludes halogenated alkanes) is 1. The Morgan fingerprint density at radius 2 is 2.03 bits per heavy atom. The van der Waals surface area contributed by atoms with E-state index in [-0.39, 0.29) is 30.0 Å². The van der Waals surface area contributed by atoms with E-state index in [1.54, 1.807) is 25.1 Å². The van der Waals surface area contributed by atoms with Crippen molar-refractivity contribution in [3.05, 3.63) is 47.3 Å². The molecule has 0 aliphatic carbocycles. The van der Waals surface area contributed by atoms with Crippen LogP contribution in [0.4, 0.5) is 13.2 Å². The molecule has 0 N–H and O–H groups in total. The van der Waals surface area contributed by atoms with Gasteiger partial charge in [-0.3, -0.25) is 4.68 Å². The maximum atomic E-state index is 13.4. The van der Waals surface area contributed by atoms with Gasteiger partial charge in [-0.05, 0) is 56.9 Å². The summed E-state index contributed by atoms with van der Waals surface area (Å²) in [7, 11) is -3.71. The third-order valence-corrected chi connectivity index (χ3v) is 8.21. The second-order valence-electron chi connectivity index (χ2n) is 8.11. The molecule has 1 fully saturated rings. The minimum Gasteiger partial charge on any atom is -0.372 e. The molecule has 3 rings (SSSR count). The maximum Gasteiger partial charge on any atom is 0.435 e. The fraction of sp³-hybridized carbons (Fsp3) is 0.571. The number of hydrogen-bond acceptors (Lipinski definition) is 4. The topological polar surface area (TPSA) is 61.2 Å². The van der Waals surface area contributed by atoms with Crippen molar-refractivity contribution in [2.24, 2.45) is 0 Å². The Balaban J connectivity index is 1.96. The standard InChI is InChI=1S/C21H27F3N2O3S/c1-4-5-10-26-17(13-19(25-26)21(22,23)24)18-14-20(3,9-11-29-18)30(27,28)16-8-6-7-15(2)12-16/h6-8,12-13,18H,4-5,9-11,14H2,1-3H3. The van der Waals surface area contributed by atoms with Crippen molar-refractivity contribution in [2.45, 2.75) is 74.9 Å². The van der Waals surface area contributed by atoms with Crippen molar-refractivity contribution in [1.29, 1.82) is 0 Å². The molecule has 0 radical (unpaired) electrons. The van der Waals surface area contributed by atoms with Crippen LogP contribution >= 0.6 is 0 Å². The number of ether oxygens (including phenoxy) is 1. The summed E-state index contributed by atoms with van der Waals surface area (Å²) in [6.45, 7) is 5.88. The van der Waals surface area contributed by atoms with Gasteiger partial charge in [0.2, 0.25) is 0 Å². The molecule has 5 nitrogen and oxygen atoms in total. The molecule has 0 amide bonds. The zero-order chi connectivity index (χ0) is 22.2. The minimum atomic E-state index is -4.57. The molecule has 1 aromatic carbocycles. The van der Waals surface area contributed by atoms with Gasteiger partial charge in [0, 0.05) is 13.2 Å². The van der Waals surface area contributed by atoms with E-state index in [0.717, 1.165) is 18.1 Å². The van der Waals surface area contributed by atoms with E-state index in [0.29, 0.717) is 13.0 Å². The molecule has 2 heterocycles. The maximum absolute atomic E-state index is 13.4. The van der Waals surface area contributed by atoms with Crippen molar-refractivity contribution >= 4 is 9.84 Å². The highest BCUT2D eigenvalue weighted by Gasteiger charge is 2.46. The Kier molecular flexibility index (Phi) is 6.34. The molecule has 166 valence electrons. The van der Waals surface area contributed by atoms with E-state index < -0.39 is 32.6 Å². The van der Waals surface area contributed by atoms with Crippen molar-refractivity contribution in [2.75, 3.05) is 6.61 Å². The number of sulfone groups is 1. The van der Waals surface area contributed by atoms with Gasteiger partial charge in [0.15, 0.2) is 15.5 Å². The predicted octanol–water partition coefficient (Wildman–Crippen LogP) is 5.09. The molecule has 2 unspecified atom stereocenters. The molecule has 0 spiro atoms. The molecule has 0 saturated carbocycles. The Morgan fingerprint density at radius 3 is 2.67 bits per heavy atom. The van der Waals surface area contributed by atoms with E-state index >= 15 is 0 Å². The van der Waals surface area contributed by atoms with Crippen LogP contribution in [0.15, 0.2) is 35.2 Å². The highest BCUT2D eigenvalue weighted by molar-refractivity contribution is 7.92. The summed E-state index contributed by atoms with van der Waals surface area (Å²) in [5.41, 5.74) is 0.128. The third kappa shape index (κ3) is 4.42. The molecule has 1 aromatic heterocycles. The van der Waals surface area contributed by atoms with E-state index in [4.69, 9.17) is 4.74 Å². The van der Waals surface area contributed by atoms with Crippen LogP contribution in [-0.2, 0) is 27.3 Å². The lowest BCUT2D eigenvalue weighted by Gasteiger charge is -2.37. The second kappa shape index (κ2) is 8.34.